The zero-order valence-electron chi connectivity index (χ0n) is 10.2. The predicted molar refractivity (Wildman–Crippen MR) is 63.6 cm³/mol. The molecular formula is C13H19F2NO. The Morgan fingerprint density at radius 2 is 1.94 bits per heavy atom. The number of benzene rings is 1. The quantitative estimate of drug-likeness (QED) is 0.805. The number of hydrogen-bond acceptors (Lipinski definition) is 2. The summed E-state index contributed by atoms with van der Waals surface area (Å²) in [5, 5.41) is 12.9. The standard InChI is InChI=1S/C13H19F2NO/c1-3-9(2)7-16-8-13(17)10-4-5-11(14)12(15)6-10/h4-6,9,13,16-17H,3,7-8H2,1-2H3. The van der Waals surface area contributed by atoms with Crippen LogP contribution in [0.3, 0.4) is 0 Å². The van der Waals surface area contributed by atoms with Gasteiger partial charge in [-0.15, -0.1) is 0 Å². The van der Waals surface area contributed by atoms with E-state index in [4.69, 9.17) is 0 Å². The number of rotatable bonds is 6. The van der Waals surface area contributed by atoms with E-state index in [1.165, 1.54) is 6.07 Å². The molecule has 2 N–H and O–H groups in total. The number of nitrogens with one attached hydrogen (secondary N) is 1. The van der Waals surface area contributed by atoms with Gasteiger partial charge in [0.1, 0.15) is 0 Å². The highest BCUT2D eigenvalue weighted by molar-refractivity contribution is 5.20. The molecule has 0 amide bonds. The van der Waals surface area contributed by atoms with Crippen LogP contribution in [0, 0.1) is 17.6 Å². The Balaban J connectivity index is 2.46. The summed E-state index contributed by atoms with van der Waals surface area (Å²) >= 11 is 0. The molecule has 0 bridgehead atoms. The van der Waals surface area contributed by atoms with Crippen LogP contribution in [0.25, 0.3) is 0 Å². The zero-order valence-corrected chi connectivity index (χ0v) is 10.2. The monoisotopic (exact) mass is 243 g/mol. The van der Waals surface area contributed by atoms with Crippen molar-refractivity contribution in [2.45, 2.75) is 26.4 Å². The highest BCUT2D eigenvalue weighted by atomic mass is 19.2. The summed E-state index contributed by atoms with van der Waals surface area (Å²) < 4.78 is 25.6. The number of aliphatic hydroxyl groups is 1. The van der Waals surface area contributed by atoms with Crippen LogP contribution >= 0.6 is 0 Å². The van der Waals surface area contributed by atoms with Crippen molar-refractivity contribution in [3.8, 4) is 0 Å². The summed E-state index contributed by atoms with van der Waals surface area (Å²) in [5.41, 5.74) is 0.389. The van der Waals surface area contributed by atoms with Gasteiger partial charge in [-0.25, -0.2) is 8.78 Å². The maximum absolute atomic E-state index is 12.9. The van der Waals surface area contributed by atoms with Crippen LogP contribution in [0.1, 0.15) is 31.9 Å². The second-order valence-corrected chi connectivity index (χ2v) is 4.36. The average Bonchev–Trinajstić information content (AvgIpc) is 2.32. The summed E-state index contributed by atoms with van der Waals surface area (Å²) in [5.74, 6) is -1.29. The number of aliphatic hydroxyl groups excluding tert-OH is 1. The van der Waals surface area contributed by atoms with Crippen LogP contribution in [0.5, 0.6) is 0 Å². The van der Waals surface area contributed by atoms with E-state index < -0.39 is 17.7 Å². The predicted octanol–water partition coefficient (Wildman–Crippen LogP) is 2.63. The summed E-state index contributed by atoms with van der Waals surface area (Å²) in [6.07, 6.45) is 0.253. The second kappa shape index (κ2) is 6.67. The van der Waals surface area contributed by atoms with Gasteiger partial charge in [-0.1, -0.05) is 26.3 Å². The van der Waals surface area contributed by atoms with Gasteiger partial charge in [0, 0.05) is 6.54 Å². The summed E-state index contributed by atoms with van der Waals surface area (Å²) in [6.45, 7) is 5.35. The van der Waals surface area contributed by atoms with Crippen LogP contribution < -0.4 is 5.32 Å². The fraction of sp³-hybridized carbons (Fsp3) is 0.538. The molecule has 0 saturated carbocycles. The molecule has 2 unspecified atom stereocenters. The smallest absolute Gasteiger partial charge is 0.159 e. The SMILES string of the molecule is CCC(C)CNCC(O)c1ccc(F)c(F)c1. The first-order valence-corrected chi connectivity index (χ1v) is 5.88. The van der Waals surface area contributed by atoms with Crippen molar-refractivity contribution in [3.63, 3.8) is 0 Å². The first-order chi connectivity index (χ1) is 8.04. The van der Waals surface area contributed by atoms with Gasteiger partial charge in [-0.3, -0.25) is 0 Å². The largest absolute Gasteiger partial charge is 0.387 e. The normalized spacial score (nSPS) is 14.6. The van der Waals surface area contributed by atoms with Crippen molar-refractivity contribution >= 4 is 0 Å². The molecule has 0 aliphatic heterocycles. The fourth-order valence-corrected chi connectivity index (χ4v) is 1.45. The number of halogens is 2. The first-order valence-electron chi connectivity index (χ1n) is 5.88. The molecule has 0 aromatic heterocycles. The highest BCUT2D eigenvalue weighted by Gasteiger charge is 2.10. The Morgan fingerprint density at radius 3 is 2.53 bits per heavy atom. The maximum Gasteiger partial charge on any atom is 0.159 e. The van der Waals surface area contributed by atoms with Crippen LogP contribution in [0.4, 0.5) is 8.78 Å². The molecule has 0 aliphatic carbocycles. The molecule has 0 spiro atoms. The molecule has 96 valence electrons. The minimum absolute atomic E-state index is 0.343. The van der Waals surface area contributed by atoms with E-state index in [0.717, 1.165) is 25.1 Å². The molecule has 0 radical (unpaired) electrons. The molecule has 0 aliphatic rings. The maximum atomic E-state index is 12.9. The molecule has 2 atom stereocenters. The molecule has 0 fully saturated rings. The summed E-state index contributed by atoms with van der Waals surface area (Å²) in [4.78, 5) is 0. The van der Waals surface area contributed by atoms with Gasteiger partial charge < -0.3 is 10.4 Å². The van der Waals surface area contributed by atoms with E-state index in [1.54, 1.807) is 0 Å². The third-order valence-electron chi connectivity index (χ3n) is 2.86. The van der Waals surface area contributed by atoms with E-state index in [9.17, 15) is 13.9 Å². The minimum atomic E-state index is -0.927. The van der Waals surface area contributed by atoms with E-state index in [1.807, 2.05) is 0 Å². The van der Waals surface area contributed by atoms with E-state index in [2.05, 4.69) is 19.2 Å². The van der Waals surface area contributed by atoms with Crippen molar-refractivity contribution in [2.24, 2.45) is 5.92 Å². The van der Waals surface area contributed by atoms with Crippen molar-refractivity contribution in [2.75, 3.05) is 13.1 Å². The lowest BCUT2D eigenvalue weighted by Gasteiger charge is -2.14. The van der Waals surface area contributed by atoms with Gasteiger partial charge >= 0.3 is 0 Å². The van der Waals surface area contributed by atoms with E-state index in [0.29, 0.717) is 18.0 Å². The zero-order chi connectivity index (χ0) is 12.8. The lowest BCUT2D eigenvalue weighted by Crippen LogP contribution is -2.26. The van der Waals surface area contributed by atoms with Gasteiger partial charge in [0.25, 0.3) is 0 Å². The Bertz CT molecular complexity index is 357. The lowest BCUT2D eigenvalue weighted by atomic mass is 10.1. The Morgan fingerprint density at radius 1 is 1.24 bits per heavy atom. The topological polar surface area (TPSA) is 32.3 Å². The third kappa shape index (κ3) is 4.40. The fourth-order valence-electron chi connectivity index (χ4n) is 1.45. The summed E-state index contributed by atoms with van der Waals surface area (Å²) in [6, 6.07) is 3.46. The second-order valence-electron chi connectivity index (χ2n) is 4.36. The van der Waals surface area contributed by atoms with Crippen LogP contribution in [0.2, 0.25) is 0 Å². The van der Waals surface area contributed by atoms with Crippen LogP contribution in [0.15, 0.2) is 18.2 Å². The average molecular weight is 243 g/mol. The van der Waals surface area contributed by atoms with Gasteiger partial charge in [0.2, 0.25) is 0 Å². The highest BCUT2D eigenvalue weighted by Crippen LogP contribution is 2.15. The minimum Gasteiger partial charge on any atom is -0.387 e. The van der Waals surface area contributed by atoms with Crippen LogP contribution in [-0.4, -0.2) is 18.2 Å². The Labute approximate surface area is 101 Å². The van der Waals surface area contributed by atoms with Crippen molar-refractivity contribution in [3.05, 3.63) is 35.4 Å². The van der Waals surface area contributed by atoms with Crippen LogP contribution in [-0.2, 0) is 0 Å². The van der Waals surface area contributed by atoms with E-state index >= 15 is 0 Å². The Hall–Kier alpha value is -1.00. The van der Waals surface area contributed by atoms with Gasteiger partial charge in [-0.05, 0) is 30.2 Å². The first kappa shape index (κ1) is 14.1. The molecule has 4 heteroatoms. The molecule has 17 heavy (non-hydrogen) atoms. The van der Waals surface area contributed by atoms with Gasteiger partial charge in [-0.2, -0.15) is 0 Å². The van der Waals surface area contributed by atoms with Gasteiger partial charge in [0.05, 0.1) is 6.10 Å². The van der Waals surface area contributed by atoms with Crippen molar-refractivity contribution < 1.29 is 13.9 Å². The van der Waals surface area contributed by atoms with Gasteiger partial charge in [0.15, 0.2) is 11.6 Å². The summed E-state index contributed by atoms with van der Waals surface area (Å²) in [7, 11) is 0. The third-order valence-corrected chi connectivity index (χ3v) is 2.86. The molecule has 0 heterocycles. The Kier molecular flexibility index (Phi) is 5.51. The molecule has 2 nitrogen and oxygen atoms in total. The van der Waals surface area contributed by atoms with Crippen molar-refractivity contribution in [1.82, 2.24) is 5.32 Å². The lowest BCUT2D eigenvalue weighted by molar-refractivity contribution is 0.172. The molecule has 1 aromatic carbocycles. The molecule has 0 saturated heterocycles. The van der Waals surface area contributed by atoms with Crippen molar-refractivity contribution in [1.29, 1.82) is 0 Å². The van der Waals surface area contributed by atoms with E-state index in [-0.39, 0.29) is 0 Å². The molecular weight excluding hydrogens is 224 g/mol. The molecule has 1 aromatic rings. The molecule has 1 rings (SSSR count). The number of hydrogen-bond donors (Lipinski definition) is 2.